The lowest BCUT2D eigenvalue weighted by Crippen LogP contribution is -2.15. The van der Waals surface area contributed by atoms with Crippen molar-refractivity contribution in [1.29, 1.82) is 0 Å². The van der Waals surface area contributed by atoms with E-state index in [9.17, 15) is 4.79 Å². The number of amides is 1. The number of nitrogens with zero attached hydrogens (tertiary/aromatic N) is 5. The SMILES string of the molecule is CCNc1nc(NCC)n2c(SCC(=O)Nc3cc(Cl)cc(Cl)c3)nnc2n1. The first-order chi connectivity index (χ1) is 13.5. The number of halogens is 2. The zero-order valence-electron chi connectivity index (χ0n) is 15.2. The molecule has 2 aromatic heterocycles. The fourth-order valence-corrected chi connectivity index (χ4v) is 3.60. The molecule has 3 rings (SSSR count). The Balaban J connectivity index is 1.75. The quantitative estimate of drug-likeness (QED) is 0.457. The number of rotatable bonds is 8. The Morgan fingerprint density at radius 1 is 1.07 bits per heavy atom. The molecule has 0 saturated heterocycles. The van der Waals surface area contributed by atoms with Crippen molar-refractivity contribution in [3.63, 3.8) is 0 Å². The predicted molar refractivity (Wildman–Crippen MR) is 113 cm³/mol. The molecule has 0 radical (unpaired) electrons. The Hall–Kier alpha value is -2.30. The van der Waals surface area contributed by atoms with Crippen LogP contribution in [0.5, 0.6) is 0 Å². The molecule has 0 unspecified atom stereocenters. The number of hydrogen-bond acceptors (Lipinski definition) is 8. The minimum atomic E-state index is -0.227. The molecule has 9 nitrogen and oxygen atoms in total. The van der Waals surface area contributed by atoms with Gasteiger partial charge in [0.25, 0.3) is 5.78 Å². The highest BCUT2D eigenvalue weighted by Crippen LogP contribution is 2.24. The molecule has 2 heterocycles. The van der Waals surface area contributed by atoms with Gasteiger partial charge in [-0.25, -0.2) is 4.40 Å². The van der Waals surface area contributed by atoms with Crippen LogP contribution in [0, 0.1) is 0 Å². The standard InChI is InChI=1S/C16H18Cl2N8OS/c1-3-19-13-22-14(20-4-2)26-15(23-13)24-25-16(26)28-8-12(27)21-11-6-9(17)5-10(18)7-11/h5-7H,3-4,8H2,1-2H3,(H,21,27)(H2,19,20,22,23,24). The number of anilines is 3. The number of aromatic nitrogens is 5. The highest BCUT2D eigenvalue weighted by molar-refractivity contribution is 7.99. The van der Waals surface area contributed by atoms with Crippen LogP contribution in [0.15, 0.2) is 23.4 Å². The van der Waals surface area contributed by atoms with Gasteiger partial charge >= 0.3 is 0 Å². The molecule has 0 bridgehead atoms. The zero-order valence-corrected chi connectivity index (χ0v) is 17.5. The molecule has 0 spiro atoms. The third-order valence-corrected chi connectivity index (χ3v) is 4.76. The van der Waals surface area contributed by atoms with Crippen molar-refractivity contribution in [2.24, 2.45) is 0 Å². The summed E-state index contributed by atoms with van der Waals surface area (Å²) in [4.78, 5) is 21.0. The molecule has 0 saturated carbocycles. The summed E-state index contributed by atoms with van der Waals surface area (Å²) in [6.07, 6.45) is 0. The molecule has 0 aliphatic rings. The fourth-order valence-electron chi connectivity index (χ4n) is 2.35. The molecular formula is C16H18Cl2N8OS. The Kier molecular flexibility index (Phi) is 6.76. The van der Waals surface area contributed by atoms with Gasteiger partial charge in [-0.1, -0.05) is 35.0 Å². The van der Waals surface area contributed by atoms with Gasteiger partial charge in [0.2, 0.25) is 17.8 Å². The van der Waals surface area contributed by atoms with E-state index in [1.165, 1.54) is 11.8 Å². The van der Waals surface area contributed by atoms with E-state index >= 15 is 0 Å². The highest BCUT2D eigenvalue weighted by atomic mass is 35.5. The highest BCUT2D eigenvalue weighted by Gasteiger charge is 2.16. The first-order valence-electron chi connectivity index (χ1n) is 8.49. The second-order valence-electron chi connectivity index (χ2n) is 5.54. The summed E-state index contributed by atoms with van der Waals surface area (Å²) in [5.41, 5.74) is 0.529. The van der Waals surface area contributed by atoms with Crippen LogP contribution in [0.3, 0.4) is 0 Å². The minimum Gasteiger partial charge on any atom is -0.355 e. The summed E-state index contributed by atoms with van der Waals surface area (Å²) in [6.45, 7) is 5.26. The first kappa shape index (κ1) is 20.4. The van der Waals surface area contributed by atoms with Crippen LogP contribution in [-0.4, -0.2) is 49.3 Å². The van der Waals surface area contributed by atoms with Crippen LogP contribution >= 0.6 is 35.0 Å². The average Bonchev–Trinajstić information content (AvgIpc) is 3.03. The molecule has 3 N–H and O–H groups in total. The number of benzene rings is 1. The lowest BCUT2D eigenvalue weighted by molar-refractivity contribution is -0.113. The Labute approximate surface area is 175 Å². The molecule has 1 amide bonds. The number of carbonyl (C=O) groups is 1. The molecule has 12 heteroatoms. The van der Waals surface area contributed by atoms with Gasteiger partial charge in [-0.05, 0) is 32.0 Å². The van der Waals surface area contributed by atoms with Crippen molar-refractivity contribution in [3.8, 4) is 0 Å². The molecule has 3 aromatic rings. The van der Waals surface area contributed by atoms with Crippen LogP contribution in [0.4, 0.5) is 17.6 Å². The third kappa shape index (κ3) is 4.94. The van der Waals surface area contributed by atoms with Crippen molar-refractivity contribution in [1.82, 2.24) is 24.6 Å². The van der Waals surface area contributed by atoms with Crippen LogP contribution < -0.4 is 16.0 Å². The second-order valence-corrected chi connectivity index (χ2v) is 7.36. The fraction of sp³-hybridized carbons (Fsp3) is 0.312. The summed E-state index contributed by atoms with van der Waals surface area (Å²) >= 11 is 13.1. The summed E-state index contributed by atoms with van der Waals surface area (Å²) in [5.74, 6) is 1.30. The Morgan fingerprint density at radius 2 is 1.79 bits per heavy atom. The molecule has 0 aliphatic heterocycles. The van der Waals surface area contributed by atoms with E-state index in [1.54, 1.807) is 22.6 Å². The Morgan fingerprint density at radius 3 is 2.46 bits per heavy atom. The number of carbonyl (C=O) groups excluding carboxylic acids is 1. The van der Waals surface area contributed by atoms with Crippen molar-refractivity contribution in [2.75, 3.05) is 34.8 Å². The summed E-state index contributed by atoms with van der Waals surface area (Å²) in [5, 5.41) is 18.6. The number of nitrogens with one attached hydrogen (secondary N) is 3. The van der Waals surface area contributed by atoms with E-state index in [4.69, 9.17) is 23.2 Å². The summed E-state index contributed by atoms with van der Waals surface area (Å²) in [6, 6.07) is 4.85. The van der Waals surface area contributed by atoms with Crippen LogP contribution in [0.2, 0.25) is 10.0 Å². The van der Waals surface area contributed by atoms with Crippen LogP contribution in [0.1, 0.15) is 13.8 Å². The van der Waals surface area contributed by atoms with E-state index in [-0.39, 0.29) is 11.7 Å². The van der Waals surface area contributed by atoms with E-state index in [2.05, 4.69) is 36.1 Å². The number of hydrogen-bond donors (Lipinski definition) is 3. The lowest BCUT2D eigenvalue weighted by Gasteiger charge is -2.10. The zero-order chi connectivity index (χ0) is 20.1. The summed E-state index contributed by atoms with van der Waals surface area (Å²) < 4.78 is 1.68. The van der Waals surface area contributed by atoms with Gasteiger partial charge in [0.1, 0.15) is 0 Å². The first-order valence-corrected chi connectivity index (χ1v) is 10.2. The van der Waals surface area contributed by atoms with Crippen LogP contribution in [-0.2, 0) is 4.79 Å². The monoisotopic (exact) mass is 440 g/mol. The molecule has 0 fully saturated rings. The Bertz CT molecular complexity index is 976. The topological polar surface area (TPSA) is 109 Å². The number of fused-ring (bicyclic) bond motifs is 1. The minimum absolute atomic E-state index is 0.117. The van der Waals surface area contributed by atoms with Gasteiger partial charge in [-0.15, -0.1) is 10.2 Å². The van der Waals surface area contributed by atoms with E-state index in [1.807, 2.05) is 13.8 Å². The van der Waals surface area contributed by atoms with Crippen molar-refractivity contribution in [2.45, 2.75) is 19.0 Å². The van der Waals surface area contributed by atoms with E-state index < -0.39 is 0 Å². The van der Waals surface area contributed by atoms with Gasteiger partial charge in [-0.3, -0.25) is 4.79 Å². The maximum Gasteiger partial charge on any atom is 0.261 e. The molecule has 1 aromatic carbocycles. The third-order valence-electron chi connectivity index (χ3n) is 3.39. The maximum absolute atomic E-state index is 12.3. The molecular weight excluding hydrogens is 423 g/mol. The molecule has 148 valence electrons. The lowest BCUT2D eigenvalue weighted by atomic mass is 10.3. The van der Waals surface area contributed by atoms with Gasteiger partial charge in [0.15, 0.2) is 5.16 Å². The van der Waals surface area contributed by atoms with Crippen molar-refractivity contribution >= 4 is 64.2 Å². The van der Waals surface area contributed by atoms with E-state index in [0.29, 0.717) is 51.7 Å². The predicted octanol–water partition coefficient (Wildman–Crippen LogP) is 3.42. The van der Waals surface area contributed by atoms with Crippen molar-refractivity contribution < 1.29 is 4.79 Å². The molecule has 28 heavy (non-hydrogen) atoms. The largest absolute Gasteiger partial charge is 0.355 e. The molecule has 0 aliphatic carbocycles. The van der Waals surface area contributed by atoms with Gasteiger partial charge in [-0.2, -0.15) is 9.97 Å². The van der Waals surface area contributed by atoms with Crippen LogP contribution in [0.25, 0.3) is 5.78 Å². The maximum atomic E-state index is 12.3. The normalized spacial score (nSPS) is 10.9. The van der Waals surface area contributed by atoms with Gasteiger partial charge in [0, 0.05) is 28.8 Å². The van der Waals surface area contributed by atoms with Gasteiger partial charge in [0.05, 0.1) is 5.75 Å². The average molecular weight is 441 g/mol. The van der Waals surface area contributed by atoms with Gasteiger partial charge < -0.3 is 16.0 Å². The second kappa shape index (κ2) is 9.26. The van der Waals surface area contributed by atoms with E-state index in [0.717, 1.165) is 0 Å². The smallest absolute Gasteiger partial charge is 0.261 e. The number of thioether (sulfide) groups is 1. The summed E-state index contributed by atoms with van der Waals surface area (Å²) in [7, 11) is 0. The molecule has 0 atom stereocenters. The van der Waals surface area contributed by atoms with Crippen molar-refractivity contribution in [3.05, 3.63) is 28.2 Å².